The van der Waals surface area contributed by atoms with Crippen LogP contribution < -0.4 is 10.5 Å². The number of aryl methyl sites for hydroxylation is 1. The molecule has 0 spiro atoms. The SMILES string of the molecule is CCc1ccc2[nH]c(=O)c(C#N)c(N3CC[C@@H](n4nccn4)C3)c2c1. The van der Waals surface area contributed by atoms with Crippen molar-refractivity contribution in [2.24, 2.45) is 0 Å². The highest BCUT2D eigenvalue weighted by Gasteiger charge is 2.29. The molecule has 0 saturated carbocycles. The molecule has 7 nitrogen and oxygen atoms in total. The van der Waals surface area contributed by atoms with Gasteiger partial charge in [0, 0.05) is 18.5 Å². The normalized spacial score (nSPS) is 17.1. The predicted molar refractivity (Wildman–Crippen MR) is 94.6 cm³/mol. The molecule has 0 bridgehead atoms. The van der Waals surface area contributed by atoms with Crippen molar-refractivity contribution in [2.45, 2.75) is 25.8 Å². The highest BCUT2D eigenvalue weighted by Crippen LogP contribution is 2.33. The van der Waals surface area contributed by atoms with Crippen LogP contribution in [0.15, 0.2) is 35.4 Å². The van der Waals surface area contributed by atoms with E-state index in [1.165, 1.54) is 5.56 Å². The smallest absolute Gasteiger partial charge is 0.268 e. The number of nitrogens with one attached hydrogen (secondary N) is 1. The van der Waals surface area contributed by atoms with Gasteiger partial charge in [0.1, 0.15) is 11.6 Å². The minimum Gasteiger partial charge on any atom is -0.367 e. The van der Waals surface area contributed by atoms with Crippen molar-refractivity contribution in [2.75, 3.05) is 18.0 Å². The lowest BCUT2D eigenvalue weighted by molar-refractivity contribution is 0.436. The molecule has 7 heteroatoms. The zero-order chi connectivity index (χ0) is 17.4. The quantitative estimate of drug-likeness (QED) is 0.791. The second-order valence-corrected chi connectivity index (χ2v) is 6.26. The van der Waals surface area contributed by atoms with E-state index in [4.69, 9.17) is 0 Å². The van der Waals surface area contributed by atoms with Crippen molar-refractivity contribution in [3.8, 4) is 6.07 Å². The number of pyridine rings is 1. The van der Waals surface area contributed by atoms with Crippen molar-refractivity contribution in [1.82, 2.24) is 20.0 Å². The molecule has 2 aromatic heterocycles. The van der Waals surface area contributed by atoms with Crippen LogP contribution in [0.1, 0.15) is 30.5 Å². The number of hydrogen-bond donors (Lipinski definition) is 1. The van der Waals surface area contributed by atoms with Crippen LogP contribution >= 0.6 is 0 Å². The molecule has 0 unspecified atom stereocenters. The first-order valence-electron chi connectivity index (χ1n) is 8.41. The Morgan fingerprint density at radius 1 is 1.36 bits per heavy atom. The Morgan fingerprint density at radius 3 is 2.88 bits per heavy atom. The summed E-state index contributed by atoms with van der Waals surface area (Å²) in [6, 6.07) is 8.24. The van der Waals surface area contributed by atoms with E-state index in [0.29, 0.717) is 6.54 Å². The molecule has 1 N–H and O–H groups in total. The molecule has 126 valence electrons. The summed E-state index contributed by atoms with van der Waals surface area (Å²) in [5, 5.41) is 18.9. The third kappa shape index (κ3) is 2.56. The molecule has 3 heterocycles. The topological polar surface area (TPSA) is 90.6 Å². The van der Waals surface area contributed by atoms with Crippen molar-refractivity contribution in [1.29, 1.82) is 5.26 Å². The van der Waals surface area contributed by atoms with Crippen molar-refractivity contribution in [3.63, 3.8) is 0 Å². The van der Waals surface area contributed by atoms with Gasteiger partial charge in [-0.15, -0.1) is 0 Å². The molecule has 4 rings (SSSR count). The number of rotatable bonds is 3. The second kappa shape index (κ2) is 6.06. The third-order valence-electron chi connectivity index (χ3n) is 4.81. The third-order valence-corrected chi connectivity index (χ3v) is 4.81. The van der Waals surface area contributed by atoms with E-state index in [1.807, 2.05) is 12.1 Å². The number of fused-ring (bicyclic) bond motifs is 1. The lowest BCUT2D eigenvalue weighted by atomic mass is 10.0. The Kier molecular flexibility index (Phi) is 3.73. The van der Waals surface area contributed by atoms with Crippen molar-refractivity contribution in [3.05, 3.63) is 52.1 Å². The zero-order valence-corrected chi connectivity index (χ0v) is 13.9. The molecular formula is C18H18N6O. The molecule has 1 aliphatic rings. The van der Waals surface area contributed by atoms with Crippen LogP contribution in [0.2, 0.25) is 0 Å². The summed E-state index contributed by atoms with van der Waals surface area (Å²) in [5.41, 5.74) is 2.50. The van der Waals surface area contributed by atoms with Gasteiger partial charge in [-0.2, -0.15) is 20.3 Å². The monoisotopic (exact) mass is 334 g/mol. The summed E-state index contributed by atoms with van der Waals surface area (Å²) in [5.74, 6) is 0. The lowest BCUT2D eigenvalue weighted by Crippen LogP contribution is -2.26. The molecule has 1 aromatic carbocycles. The fraction of sp³-hybridized carbons (Fsp3) is 0.333. The molecule has 1 aliphatic heterocycles. The Balaban J connectivity index is 1.85. The van der Waals surface area contributed by atoms with Gasteiger partial charge in [0.25, 0.3) is 5.56 Å². The number of anilines is 1. The highest BCUT2D eigenvalue weighted by molar-refractivity contribution is 5.95. The Labute approximate surface area is 144 Å². The summed E-state index contributed by atoms with van der Waals surface area (Å²) in [6.45, 7) is 3.53. The average molecular weight is 334 g/mol. The van der Waals surface area contributed by atoms with E-state index < -0.39 is 0 Å². The first-order valence-corrected chi connectivity index (χ1v) is 8.41. The molecule has 0 amide bonds. The summed E-state index contributed by atoms with van der Waals surface area (Å²) >= 11 is 0. The molecule has 1 fully saturated rings. The van der Waals surface area contributed by atoms with E-state index in [-0.39, 0.29) is 17.2 Å². The minimum absolute atomic E-state index is 0.144. The molecule has 25 heavy (non-hydrogen) atoms. The molecular weight excluding hydrogens is 316 g/mol. The average Bonchev–Trinajstić information content (AvgIpc) is 3.31. The maximum atomic E-state index is 12.4. The minimum atomic E-state index is -0.338. The number of H-pyrrole nitrogens is 1. The van der Waals surface area contributed by atoms with Gasteiger partial charge in [0.2, 0.25) is 0 Å². The summed E-state index contributed by atoms with van der Waals surface area (Å²) in [6.07, 6.45) is 5.11. The van der Waals surface area contributed by atoms with Crippen LogP contribution in [0.3, 0.4) is 0 Å². The van der Waals surface area contributed by atoms with Gasteiger partial charge in [0.05, 0.1) is 29.6 Å². The molecule has 1 saturated heterocycles. The van der Waals surface area contributed by atoms with Gasteiger partial charge in [-0.05, 0) is 30.5 Å². The van der Waals surface area contributed by atoms with E-state index in [0.717, 1.165) is 36.0 Å². The maximum absolute atomic E-state index is 12.4. The lowest BCUT2D eigenvalue weighted by Gasteiger charge is -2.22. The zero-order valence-electron chi connectivity index (χ0n) is 13.9. The van der Waals surface area contributed by atoms with Crippen molar-refractivity contribution < 1.29 is 0 Å². The number of hydrogen-bond acceptors (Lipinski definition) is 5. The number of nitrogens with zero attached hydrogens (tertiary/aromatic N) is 5. The van der Waals surface area contributed by atoms with Crippen molar-refractivity contribution >= 4 is 16.6 Å². The summed E-state index contributed by atoms with van der Waals surface area (Å²) in [7, 11) is 0. The van der Waals surface area contributed by atoms with Crippen LogP contribution in [-0.2, 0) is 6.42 Å². The van der Waals surface area contributed by atoms with Crippen LogP contribution in [0.4, 0.5) is 5.69 Å². The van der Waals surface area contributed by atoms with E-state index in [1.54, 1.807) is 17.2 Å². The maximum Gasteiger partial charge on any atom is 0.268 e. The molecule has 3 aromatic rings. The Hall–Kier alpha value is -3.14. The fourth-order valence-electron chi connectivity index (χ4n) is 3.52. The van der Waals surface area contributed by atoms with E-state index in [2.05, 4.69) is 39.1 Å². The Bertz CT molecular complexity index is 1010. The molecule has 0 radical (unpaired) electrons. The van der Waals surface area contributed by atoms with Gasteiger partial charge >= 0.3 is 0 Å². The van der Waals surface area contributed by atoms with Crippen LogP contribution in [0, 0.1) is 11.3 Å². The van der Waals surface area contributed by atoms with Crippen LogP contribution in [0.25, 0.3) is 10.9 Å². The molecule has 0 aliphatic carbocycles. The van der Waals surface area contributed by atoms with Gasteiger partial charge < -0.3 is 9.88 Å². The van der Waals surface area contributed by atoms with Crippen LogP contribution in [-0.4, -0.2) is 33.1 Å². The van der Waals surface area contributed by atoms with Gasteiger partial charge in [0.15, 0.2) is 0 Å². The van der Waals surface area contributed by atoms with Gasteiger partial charge in [-0.3, -0.25) is 4.79 Å². The van der Waals surface area contributed by atoms with Gasteiger partial charge in [-0.1, -0.05) is 13.0 Å². The standard InChI is InChI=1S/C18H18N6O/c1-2-12-3-4-16-14(9-12)17(15(10-19)18(25)22-16)23-8-5-13(11-23)24-20-6-7-21-24/h3-4,6-7,9,13H,2,5,8,11H2,1H3,(H,22,25)/t13-/m1/s1. The highest BCUT2D eigenvalue weighted by atomic mass is 16.1. The fourth-order valence-corrected chi connectivity index (χ4v) is 3.52. The first kappa shape index (κ1) is 15.4. The van der Waals surface area contributed by atoms with Gasteiger partial charge in [-0.25, -0.2) is 0 Å². The first-order chi connectivity index (χ1) is 12.2. The largest absolute Gasteiger partial charge is 0.367 e. The number of aromatic amines is 1. The number of nitriles is 1. The second-order valence-electron chi connectivity index (χ2n) is 6.26. The van der Waals surface area contributed by atoms with E-state index in [9.17, 15) is 10.1 Å². The Morgan fingerprint density at radius 2 is 2.16 bits per heavy atom. The number of aromatic nitrogens is 4. The summed E-state index contributed by atoms with van der Waals surface area (Å²) < 4.78 is 0. The van der Waals surface area contributed by atoms with E-state index >= 15 is 0 Å². The number of benzene rings is 1. The van der Waals surface area contributed by atoms with Crippen LogP contribution in [0.5, 0.6) is 0 Å². The predicted octanol–water partition coefficient (Wildman–Crippen LogP) is 2.01. The molecule has 1 atom stereocenters. The summed E-state index contributed by atoms with van der Waals surface area (Å²) in [4.78, 5) is 19.0.